The van der Waals surface area contributed by atoms with Gasteiger partial charge in [-0.15, -0.1) is 0 Å². The lowest BCUT2D eigenvalue weighted by atomic mass is 9.85. The third-order valence-electron chi connectivity index (χ3n) is 4.59. The molecule has 1 saturated carbocycles. The van der Waals surface area contributed by atoms with Crippen molar-refractivity contribution < 1.29 is 4.79 Å². The van der Waals surface area contributed by atoms with Crippen LogP contribution >= 0.6 is 0 Å². The average molecular weight is 238 g/mol. The summed E-state index contributed by atoms with van der Waals surface area (Å²) in [4.78, 5) is 14.2. The molecule has 0 spiro atoms. The highest BCUT2D eigenvalue weighted by atomic mass is 16.2. The molecule has 2 rings (SSSR count). The lowest BCUT2D eigenvalue weighted by Gasteiger charge is -2.28. The maximum Gasteiger partial charge on any atom is 0.224 e. The molecule has 0 radical (unpaired) electrons. The number of likely N-dealkylation sites (tertiary alicyclic amines) is 1. The van der Waals surface area contributed by atoms with Crippen LogP contribution in [0.1, 0.15) is 46.5 Å². The lowest BCUT2D eigenvalue weighted by molar-refractivity contribution is -0.131. The summed E-state index contributed by atoms with van der Waals surface area (Å²) < 4.78 is 0. The summed E-state index contributed by atoms with van der Waals surface area (Å²) in [6.45, 7) is 8.28. The van der Waals surface area contributed by atoms with E-state index in [1.807, 2.05) is 0 Å². The van der Waals surface area contributed by atoms with Crippen molar-refractivity contribution in [1.29, 1.82) is 0 Å². The van der Waals surface area contributed by atoms with E-state index in [1.54, 1.807) is 0 Å². The van der Waals surface area contributed by atoms with Gasteiger partial charge in [-0.05, 0) is 30.1 Å². The number of carbonyl (C=O) groups excluding carboxylic acids is 1. The SMILES string of the molecule is CC(C)(C)C(N)CC(=O)N1CC2CCCC2C1. The highest BCUT2D eigenvalue weighted by molar-refractivity contribution is 5.77. The Kier molecular flexibility index (Phi) is 3.48. The van der Waals surface area contributed by atoms with Gasteiger partial charge in [-0.3, -0.25) is 4.79 Å². The zero-order valence-corrected chi connectivity index (χ0v) is 11.4. The van der Waals surface area contributed by atoms with Crippen molar-refractivity contribution in [2.75, 3.05) is 13.1 Å². The van der Waals surface area contributed by atoms with Gasteiger partial charge in [0.2, 0.25) is 5.91 Å². The Hall–Kier alpha value is -0.570. The highest BCUT2D eigenvalue weighted by Crippen LogP contribution is 2.38. The standard InChI is InChI=1S/C14H26N2O/c1-14(2,3)12(15)7-13(17)16-8-10-5-4-6-11(10)9-16/h10-12H,4-9,15H2,1-3H3. The second-order valence-electron chi connectivity index (χ2n) is 6.93. The number of fused-ring (bicyclic) bond motifs is 1. The van der Waals surface area contributed by atoms with Crippen LogP contribution in [0.5, 0.6) is 0 Å². The highest BCUT2D eigenvalue weighted by Gasteiger charge is 2.38. The third-order valence-corrected chi connectivity index (χ3v) is 4.59. The van der Waals surface area contributed by atoms with Gasteiger partial charge in [0.05, 0.1) is 0 Å². The predicted octanol–water partition coefficient (Wildman–Crippen LogP) is 2.01. The largest absolute Gasteiger partial charge is 0.342 e. The molecule has 0 aromatic heterocycles. The van der Waals surface area contributed by atoms with Gasteiger partial charge >= 0.3 is 0 Å². The van der Waals surface area contributed by atoms with Crippen LogP contribution in [-0.2, 0) is 4.79 Å². The second kappa shape index (κ2) is 4.60. The Morgan fingerprint density at radius 2 is 1.82 bits per heavy atom. The normalized spacial score (nSPS) is 30.5. The van der Waals surface area contributed by atoms with Gasteiger partial charge in [-0.25, -0.2) is 0 Å². The molecule has 1 heterocycles. The molecule has 1 aliphatic carbocycles. The van der Waals surface area contributed by atoms with E-state index in [1.165, 1.54) is 19.3 Å². The van der Waals surface area contributed by atoms with E-state index >= 15 is 0 Å². The summed E-state index contributed by atoms with van der Waals surface area (Å²) in [5, 5.41) is 0. The van der Waals surface area contributed by atoms with E-state index in [4.69, 9.17) is 5.73 Å². The summed E-state index contributed by atoms with van der Waals surface area (Å²) in [5.74, 6) is 1.83. The summed E-state index contributed by atoms with van der Waals surface area (Å²) in [6.07, 6.45) is 4.50. The summed E-state index contributed by atoms with van der Waals surface area (Å²) in [7, 11) is 0. The van der Waals surface area contributed by atoms with Crippen LogP contribution in [0.3, 0.4) is 0 Å². The fourth-order valence-electron chi connectivity index (χ4n) is 3.06. The smallest absolute Gasteiger partial charge is 0.224 e. The fourth-order valence-corrected chi connectivity index (χ4v) is 3.06. The second-order valence-corrected chi connectivity index (χ2v) is 6.93. The average Bonchev–Trinajstić information content (AvgIpc) is 2.74. The molecule has 1 aliphatic heterocycles. The van der Waals surface area contributed by atoms with Crippen LogP contribution in [0.25, 0.3) is 0 Å². The van der Waals surface area contributed by atoms with Crippen LogP contribution in [-0.4, -0.2) is 29.9 Å². The number of nitrogens with two attached hydrogens (primary N) is 1. The first-order valence-electron chi connectivity index (χ1n) is 6.91. The Balaban J connectivity index is 1.85. The van der Waals surface area contributed by atoms with Crippen molar-refractivity contribution in [3.05, 3.63) is 0 Å². The fraction of sp³-hybridized carbons (Fsp3) is 0.929. The molecule has 1 saturated heterocycles. The van der Waals surface area contributed by atoms with E-state index in [-0.39, 0.29) is 17.4 Å². The molecule has 17 heavy (non-hydrogen) atoms. The van der Waals surface area contributed by atoms with E-state index < -0.39 is 0 Å². The van der Waals surface area contributed by atoms with Gasteiger partial charge in [-0.2, -0.15) is 0 Å². The topological polar surface area (TPSA) is 46.3 Å². The molecule has 3 atom stereocenters. The van der Waals surface area contributed by atoms with Crippen molar-refractivity contribution in [2.45, 2.75) is 52.5 Å². The van der Waals surface area contributed by atoms with Crippen molar-refractivity contribution >= 4 is 5.91 Å². The van der Waals surface area contributed by atoms with Crippen LogP contribution in [0, 0.1) is 17.3 Å². The molecular weight excluding hydrogens is 212 g/mol. The number of hydrogen-bond donors (Lipinski definition) is 1. The van der Waals surface area contributed by atoms with Crippen LogP contribution in [0.15, 0.2) is 0 Å². The van der Waals surface area contributed by atoms with Crippen molar-refractivity contribution in [2.24, 2.45) is 23.0 Å². The minimum atomic E-state index is -0.0320. The molecular formula is C14H26N2O. The first-order chi connectivity index (χ1) is 7.88. The first-order valence-corrected chi connectivity index (χ1v) is 6.91. The number of carbonyl (C=O) groups is 1. The van der Waals surface area contributed by atoms with Gasteiger partial charge < -0.3 is 10.6 Å². The monoisotopic (exact) mass is 238 g/mol. The maximum absolute atomic E-state index is 12.2. The molecule has 3 unspecified atom stereocenters. The number of rotatable bonds is 2. The predicted molar refractivity (Wildman–Crippen MR) is 69.5 cm³/mol. The molecule has 1 amide bonds. The van der Waals surface area contributed by atoms with Crippen molar-refractivity contribution in [1.82, 2.24) is 4.90 Å². The van der Waals surface area contributed by atoms with Gasteiger partial charge in [0.15, 0.2) is 0 Å². The summed E-state index contributed by atoms with van der Waals surface area (Å²) >= 11 is 0. The Bertz CT molecular complexity index is 283. The minimum absolute atomic E-state index is 0.0191. The van der Waals surface area contributed by atoms with Crippen LogP contribution < -0.4 is 5.73 Å². The van der Waals surface area contributed by atoms with E-state index in [0.717, 1.165) is 24.9 Å². The van der Waals surface area contributed by atoms with Gasteiger partial charge in [0, 0.05) is 25.6 Å². The lowest BCUT2D eigenvalue weighted by Crippen LogP contribution is -2.41. The minimum Gasteiger partial charge on any atom is -0.342 e. The van der Waals surface area contributed by atoms with E-state index in [2.05, 4.69) is 25.7 Å². The molecule has 3 nitrogen and oxygen atoms in total. The molecule has 98 valence electrons. The van der Waals surface area contributed by atoms with E-state index in [9.17, 15) is 4.79 Å². The number of amides is 1. The quantitative estimate of drug-likeness (QED) is 0.800. The molecule has 2 fully saturated rings. The van der Waals surface area contributed by atoms with E-state index in [0.29, 0.717) is 6.42 Å². The molecule has 0 aromatic rings. The summed E-state index contributed by atoms with van der Waals surface area (Å²) in [6, 6.07) is -0.0320. The first kappa shape index (κ1) is 12.9. The van der Waals surface area contributed by atoms with Gasteiger partial charge in [0.25, 0.3) is 0 Å². The zero-order valence-electron chi connectivity index (χ0n) is 11.4. The summed E-state index contributed by atoms with van der Waals surface area (Å²) in [5.41, 5.74) is 6.11. The Morgan fingerprint density at radius 1 is 1.29 bits per heavy atom. The molecule has 0 bridgehead atoms. The maximum atomic E-state index is 12.2. The molecule has 3 heteroatoms. The van der Waals surface area contributed by atoms with Crippen molar-refractivity contribution in [3.8, 4) is 0 Å². The Labute approximate surface area is 105 Å². The molecule has 2 N–H and O–H groups in total. The van der Waals surface area contributed by atoms with Crippen LogP contribution in [0.2, 0.25) is 0 Å². The van der Waals surface area contributed by atoms with Crippen molar-refractivity contribution in [3.63, 3.8) is 0 Å². The number of hydrogen-bond acceptors (Lipinski definition) is 2. The van der Waals surface area contributed by atoms with Crippen LogP contribution in [0.4, 0.5) is 0 Å². The van der Waals surface area contributed by atoms with Gasteiger partial charge in [-0.1, -0.05) is 27.2 Å². The molecule has 0 aromatic carbocycles. The third kappa shape index (κ3) is 2.82. The molecule has 2 aliphatic rings. The zero-order chi connectivity index (χ0) is 12.6. The Morgan fingerprint density at radius 3 is 2.29 bits per heavy atom. The van der Waals surface area contributed by atoms with Gasteiger partial charge in [0.1, 0.15) is 0 Å². The number of nitrogens with zero attached hydrogens (tertiary/aromatic N) is 1.